The van der Waals surface area contributed by atoms with Crippen molar-refractivity contribution in [1.29, 1.82) is 0 Å². The highest BCUT2D eigenvalue weighted by Gasteiger charge is 1.94. The molecule has 0 saturated carbocycles. The Labute approximate surface area is 93.4 Å². The Morgan fingerprint density at radius 3 is 2.60 bits per heavy atom. The van der Waals surface area contributed by atoms with Crippen molar-refractivity contribution in [2.75, 3.05) is 13.2 Å². The van der Waals surface area contributed by atoms with Gasteiger partial charge in [-0.05, 0) is 24.1 Å². The van der Waals surface area contributed by atoms with Crippen molar-refractivity contribution in [3.05, 3.63) is 29.8 Å². The van der Waals surface area contributed by atoms with Crippen LogP contribution in [0.3, 0.4) is 0 Å². The minimum atomic E-state index is 0.567. The molecule has 2 heteroatoms. The molecule has 0 unspecified atom stereocenters. The van der Waals surface area contributed by atoms with Crippen LogP contribution in [0.25, 0.3) is 0 Å². The third kappa shape index (κ3) is 6.13. The van der Waals surface area contributed by atoms with Crippen LogP contribution in [-0.2, 0) is 6.42 Å². The number of hydrogen-bond acceptors (Lipinski definition) is 2. The van der Waals surface area contributed by atoms with E-state index in [0.29, 0.717) is 13.2 Å². The monoisotopic (exact) mass is 209 g/mol. The van der Waals surface area contributed by atoms with E-state index in [0.717, 1.165) is 12.2 Å². The second-order valence-electron chi connectivity index (χ2n) is 3.03. The molecule has 0 atom stereocenters. The molecule has 0 fully saturated rings. The SMILES string of the molecule is CC.CCCc1cccc(OCCN)c1. The van der Waals surface area contributed by atoms with Gasteiger partial charge < -0.3 is 10.5 Å². The van der Waals surface area contributed by atoms with E-state index in [-0.39, 0.29) is 0 Å². The van der Waals surface area contributed by atoms with Gasteiger partial charge in [-0.25, -0.2) is 0 Å². The van der Waals surface area contributed by atoms with Crippen LogP contribution in [0.15, 0.2) is 24.3 Å². The van der Waals surface area contributed by atoms with E-state index < -0.39 is 0 Å². The standard InChI is InChI=1S/C11H17NO.C2H6/c1-2-4-10-5-3-6-11(9-10)13-8-7-12;1-2/h3,5-6,9H,2,4,7-8,12H2,1H3;1-2H3. The van der Waals surface area contributed by atoms with Crippen LogP contribution >= 0.6 is 0 Å². The first-order valence-corrected chi connectivity index (χ1v) is 5.78. The summed E-state index contributed by atoms with van der Waals surface area (Å²) >= 11 is 0. The average molecular weight is 209 g/mol. The Morgan fingerprint density at radius 1 is 1.27 bits per heavy atom. The molecule has 86 valence electrons. The van der Waals surface area contributed by atoms with Gasteiger partial charge in [0.1, 0.15) is 12.4 Å². The Kier molecular flexibility index (Phi) is 8.88. The molecule has 1 aromatic rings. The molecule has 1 rings (SSSR count). The van der Waals surface area contributed by atoms with Gasteiger partial charge in [0.2, 0.25) is 0 Å². The molecule has 0 saturated heterocycles. The van der Waals surface area contributed by atoms with Crippen LogP contribution in [-0.4, -0.2) is 13.2 Å². The van der Waals surface area contributed by atoms with Crippen molar-refractivity contribution in [2.45, 2.75) is 33.6 Å². The molecule has 1 aromatic carbocycles. The third-order valence-corrected chi connectivity index (χ3v) is 1.82. The van der Waals surface area contributed by atoms with Gasteiger partial charge in [-0.2, -0.15) is 0 Å². The number of nitrogens with two attached hydrogens (primary N) is 1. The topological polar surface area (TPSA) is 35.2 Å². The summed E-state index contributed by atoms with van der Waals surface area (Å²) in [6.07, 6.45) is 2.28. The van der Waals surface area contributed by atoms with E-state index in [2.05, 4.69) is 19.1 Å². The highest BCUT2D eigenvalue weighted by atomic mass is 16.5. The van der Waals surface area contributed by atoms with Gasteiger partial charge in [0, 0.05) is 6.54 Å². The number of benzene rings is 1. The zero-order valence-corrected chi connectivity index (χ0v) is 10.1. The minimum Gasteiger partial charge on any atom is -0.492 e. The maximum atomic E-state index is 5.42. The third-order valence-electron chi connectivity index (χ3n) is 1.82. The van der Waals surface area contributed by atoms with E-state index >= 15 is 0 Å². The minimum absolute atomic E-state index is 0.567. The molecule has 0 spiro atoms. The highest BCUT2D eigenvalue weighted by molar-refractivity contribution is 5.28. The largest absolute Gasteiger partial charge is 0.492 e. The Morgan fingerprint density at radius 2 is 2.00 bits per heavy atom. The molecule has 0 bridgehead atoms. The normalized spacial score (nSPS) is 9.07. The molecule has 2 N–H and O–H groups in total. The number of hydrogen-bond donors (Lipinski definition) is 1. The molecule has 0 radical (unpaired) electrons. The van der Waals surface area contributed by atoms with Crippen LogP contribution in [0.4, 0.5) is 0 Å². The molecule has 15 heavy (non-hydrogen) atoms. The lowest BCUT2D eigenvalue weighted by atomic mass is 10.1. The Bertz CT molecular complexity index is 248. The molecule has 0 aliphatic heterocycles. The molecule has 0 aromatic heterocycles. The molecule has 0 amide bonds. The van der Waals surface area contributed by atoms with E-state index in [1.165, 1.54) is 12.0 Å². The van der Waals surface area contributed by atoms with Gasteiger partial charge in [-0.1, -0.05) is 39.3 Å². The lowest BCUT2D eigenvalue weighted by Crippen LogP contribution is -2.10. The van der Waals surface area contributed by atoms with Crippen molar-refractivity contribution in [3.8, 4) is 5.75 Å². The first-order valence-electron chi connectivity index (χ1n) is 5.78. The predicted molar refractivity (Wildman–Crippen MR) is 66.3 cm³/mol. The zero-order valence-electron chi connectivity index (χ0n) is 10.1. The van der Waals surface area contributed by atoms with E-state index in [1.54, 1.807) is 0 Å². The maximum absolute atomic E-state index is 5.42. The van der Waals surface area contributed by atoms with Crippen LogP contribution in [0.1, 0.15) is 32.8 Å². The molecule has 0 aliphatic rings. The van der Waals surface area contributed by atoms with Gasteiger partial charge in [0.25, 0.3) is 0 Å². The van der Waals surface area contributed by atoms with Crippen LogP contribution in [0.2, 0.25) is 0 Å². The first kappa shape index (κ1) is 14.0. The van der Waals surface area contributed by atoms with Crippen LogP contribution < -0.4 is 10.5 Å². The van der Waals surface area contributed by atoms with E-state index in [4.69, 9.17) is 10.5 Å². The van der Waals surface area contributed by atoms with Crippen molar-refractivity contribution in [1.82, 2.24) is 0 Å². The van der Waals surface area contributed by atoms with Crippen molar-refractivity contribution in [3.63, 3.8) is 0 Å². The fourth-order valence-electron chi connectivity index (χ4n) is 1.26. The second kappa shape index (κ2) is 9.53. The van der Waals surface area contributed by atoms with Crippen molar-refractivity contribution >= 4 is 0 Å². The fraction of sp³-hybridized carbons (Fsp3) is 0.538. The molecular weight excluding hydrogens is 186 g/mol. The summed E-state index contributed by atoms with van der Waals surface area (Å²) in [7, 11) is 0. The zero-order chi connectivity index (χ0) is 11.5. The quantitative estimate of drug-likeness (QED) is 0.809. The first-order chi connectivity index (χ1) is 7.36. The summed E-state index contributed by atoms with van der Waals surface area (Å²) in [5, 5.41) is 0. The highest BCUT2D eigenvalue weighted by Crippen LogP contribution is 2.14. The van der Waals surface area contributed by atoms with Crippen molar-refractivity contribution < 1.29 is 4.74 Å². The van der Waals surface area contributed by atoms with Gasteiger partial charge >= 0.3 is 0 Å². The molecular formula is C13H23NO. The summed E-state index contributed by atoms with van der Waals surface area (Å²) in [4.78, 5) is 0. The summed E-state index contributed by atoms with van der Waals surface area (Å²) in [5.41, 5.74) is 6.68. The fourth-order valence-corrected chi connectivity index (χ4v) is 1.26. The molecule has 0 aliphatic carbocycles. The van der Waals surface area contributed by atoms with E-state index in [9.17, 15) is 0 Å². The summed E-state index contributed by atoms with van der Waals surface area (Å²) in [6, 6.07) is 8.20. The Balaban J connectivity index is 0.000000921. The average Bonchev–Trinajstić information content (AvgIpc) is 2.30. The van der Waals surface area contributed by atoms with Crippen molar-refractivity contribution in [2.24, 2.45) is 5.73 Å². The van der Waals surface area contributed by atoms with Gasteiger partial charge in [-0.15, -0.1) is 0 Å². The number of aryl methyl sites for hydroxylation is 1. The Hall–Kier alpha value is -1.02. The van der Waals surface area contributed by atoms with Gasteiger partial charge in [0.15, 0.2) is 0 Å². The summed E-state index contributed by atoms with van der Waals surface area (Å²) in [6.45, 7) is 7.33. The lowest BCUT2D eigenvalue weighted by molar-refractivity contribution is 0.328. The maximum Gasteiger partial charge on any atom is 0.119 e. The van der Waals surface area contributed by atoms with Crippen LogP contribution in [0, 0.1) is 0 Å². The summed E-state index contributed by atoms with van der Waals surface area (Å²) in [5.74, 6) is 0.927. The van der Waals surface area contributed by atoms with Gasteiger partial charge in [0.05, 0.1) is 0 Å². The van der Waals surface area contributed by atoms with Gasteiger partial charge in [-0.3, -0.25) is 0 Å². The number of rotatable bonds is 5. The summed E-state index contributed by atoms with van der Waals surface area (Å²) < 4.78 is 5.42. The molecule has 0 heterocycles. The predicted octanol–water partition coefficient (Wildman–Crippen LogP) is 3.00. The second-order valence-corrected chi connectivity index (χ2v) is 3.03. The number of ether oxygens (including phenoxy) is 1. The molecule has 2 nitrogen and oxygen atoms in total. The van der Waals surface area contributed by atoms with Crippen LogP contribution in [0.5, 0.6) is 5.75 Å². The van der Waals surface area contributed by atoms with E-state index in [1.807, 2.05) is 26.0 Å². The smallest absolute Gasteiger partial charge is 0.119 e. The lowest BCUT2D eigenvalue weighted by Gasteiger charge is -2.05.